The van der Waals surface area contributed by atoms with E-state index in [1.807, 2.05) is 0 Å². The lowest BCUT2D eigenvalue weighted by Crippen LogP contribution is -2.61. The van der Waals surface area contributed by atoms with E-state index in [2.05, 4.69) is 56.2 Å². The van der Waals surface area contributed by atoms with Gasteiger partial charge in [0.2, 0.25) is 0 Å². The lowest BCUT2D eigenvalue weighted by molar-refractivity contribution is -0.172. The Hall–Kier alpha value is -0.200. The molecule has 3 aliphatic heterocycles. The minimum Gasteiger partial charge on any atom is -0.373 e. The lowest BCUT2D eigenvalue weighted by atomic mass is 9.83. The number of likely N-dealkylation sites (tertiary alicyclic amines) is 2. The predicted molar refractivity (Wildman–Crippen MR) is 128 cm³/mol. The van der Waals surface area contributed by atoms with Gasteiger partial charge in [-0.2, -0.15) is 0 Å². The summed E-state index contributed by atoms with van der Waals surface area (Å²) in [4.78, 5) is 8.13. The summed E-state index contributed by atoms with van der Waals surface area (Å²) in [6, 6.07) is 0.708. The number of nitrogens with zero attached hydrogens (tertiary/aromatic N) is 3. The van der Waals surface area contributed by atoms with Gasteiger partial charge in [-0.1, -0.05) is 0 Å². The Morgan fingerprint density at radius 3 is 2.13 bits per heavy atom. The van der Waals surface area contributed by atoms with Crippen LogP contribution >= 0.6 is 0 Å². The van der Waals surface area contributed by atoms with Gasteiger partial charge in [0.05, 0.1) is 23.9 Å². The van der Waals surface area contributed by atoms with Crippen LogP contribution in [0.25, 0.3) is 0 Å². The molecule has 5 heteroatoms. The van der Waals surface area contributed by atoms with Crippen molar-refractivity contribution >= 4 is 0 Å². The van der Waals surface area contributed by atoms with Crippen molar-refractivity contribution in [1.82, 2.24) is 14.7 Å². The summed E-state index contributed by atoms with van der Waals surface area (Å²) in [7, 11) is 0. The molecule has 0 unspecified atom stereocenters. The highest BCUT2D eigenvalue weighted by atomic mass is 16.5. The van der Waals surface area contributed by atoms with Gasteiger partial charge in [-0.3, -0.25) is 9.80 Å². The van der Waals surface area contributed by atoms with Gasteiger partial charge in [0.1, 0.15) is 0 Å². The van der Waals surface area contributed by atoms with Gasteiger partial charge in [0.15, 0.2) is 0 Å². The summed E-state index contributed by atoms with van der Waals surface area (Å²) < 4.78 is 12.6. The average Bonchev–Trinajstić information content (AvgIpc) is 2.66. The summed E-state index contributed by atoms with van der Waals surface area (Å²) >= 11 is 0. The van der Waals surface area contributed by atoms with Crippen LogP contribution in [0, 0.1) is 5.92 Å². The Balaban J connectivity index is 1.19. The normalized spacial score (nSPS) is 32.3. The maximum atomic E-state index is 6.45. The van der Waals surface area contributed by atoms with Crippen molar-refractivity contribution in [3.63, 3.8) is 0 Å². The smallest absolute Gasteiger partial charge is 0.0833 e. The van der Waals surface area contributed by atoms with Crippen LogP contribution in [0.3, 0.4) is 0 Å². The van der Waals surface area contributed by atoms with Gasteiger partial charge >= 0.3 is 0 Å². The fourth-order valence-electron chi connectivity index (χ4n) is 6.22. The lowest BCUT2D eigenvalue weighted by Gasteiger charge is -2.53. The highest BCUT2D eigenvalue weighted by Gasteiger charge is 2.45. The van der Waals surface area contributed by atoms with Crippen molar-refractivity contribution < 1.29 is 9.47 Å². The van der Waals surface area contributed by atoms with Gasteiger partial charge in [-0.15, -0.1) is 0 Å². The zero-order chi connectivity index (χ0) is 22.3. The first-order valence-electron chi connectivity index (χ1n) is 13.0. The third-order valence-electron chi connectivity index (χ3n) is 8.23. The third kappa shape index (κ3) is 6.23. The van der Waals surface area contributed by atoms with Crippen LogP contribution in [0.4, 0.5) is 0 Å². The van der Waals surface area contributed by atoms with Gasteiger partial charge in [0.25, 0.3) is 0 Å². The molecule has 0 aromatic heterocycles. The molecule has 3 heterocycles. The van der Waals surface area contributed by atoms with Crippen LogP contribution in [0.15, 0.2) is 0 Å². The molecule has 0 N–H and O–H groups in total. The first-order valence-corrected chi connectivity index (χ1v) is 13.0. The number of morpholine rings is 1. The largest absolute Gasteiger partial charge is 0.373 e. The molecule has 31 heavy (non-hydrogen) atoms. The van der Waals surface area contributed by atoms with Crippen LogP contribution in [0.1, 0.15) is 80.1 Å². The van der Waals surface area contributed by atoms with Crippen LogP contribution in [-0.4, -0.2) is 96.0 Å². The van der Waals surface area contributed by atoms with Crippen LogP contribution in [-0.2, 0) is 9.47 Å². The Morgan fingerprint density at radius 2 is 1.55 bits per heavy atom. The molecule has 1 saturated carbocycles. The maximum Gasteiger partial charge on any atom is 0.0833 e. The van der Waals surface area contributed by atoms with Crippen molar-refractivity contribution in [2.45, 2.75) is 109 Å². The van der Waals surface area contributed by atoms with Gasteiger partial charge in [-0.05, 0) is 99.1 Å². The fourth-order valence-corrected chi connectivity index (χ4v) is 6.22. The van der Waals surface area contributed by atoms with E-state index in [-0.39, 0.29) is 11.2 Å². The number of ether oxygens (including phenoxy) is 2. The number of piperidine rings is 2. The molecule has 1 spiro atoms. The molecule has 0 aromatic rings. The summed E-state index contributed by atoms with van der Waals surface area (Å²) in [6.07, 6.45) is 8.00. The Labute approximate surface area is 191 Å². The van der Waals surface area contributed by atoms with E-state index in [1.165, 1.54) is 71.2 Å². The second-order valence-electron chi connectivity index (χ2n) is 12.9. The zero-order valence-corrected chi connectivity index (χ0v) is 21.3. The van der Waals surface area contributed by atoms with Crippen molar-refractivity contribution in [2.24, 2.45) is 5.92 Å². The Kier molecular flexibility index (Phi) is 7.11. The average molecular weight is 436 g/mol. The highest BCUT2D eigenvalue weighted by molar-refractivity contribution is 4.98. The molecule has 0 amide bonds. The second-order valence-corrected chi connectivity index (χ2v) is 12.9. The van der Waals surface area contributed by atoms with Crippen LogP contribution < -0.4 is 0 Å². The molecule has 0 aromatic carbocycles. The maximum absolute atomic E-state index is 6.45. The standard InChI is InChI=1S/C26H49N3O2/c1-24(2,3)29-11-7-21(8-12-29)19-27-13-9-26(10-14-27)20-28(15-16-30-26)22-17-23(18-22)31-25(4,5)6/h21-23H,7-20H2,1-6H3/t22-,23-. The summed E-state index contributed by atoms with van der Waals surface area (Å²) in [5.41, 5.74) is 0.421. The molecule has 4 fully saturated rings. The predicted octanol–water partition coefficient (Wildman–Crippen LogP) is 4.01. The van der Waals surface area contributed by atoms with Crippen molar-refractivity contribution in [2.75, 3.05) is 52.4 Å². The summed E-state index contributed by atoms with van der Waals surface area (Å²) in [6.45, 7) is 23.0. The van der Waals surface area contributed by atoms with Crippen molar-refractivity contribution in [3.05, 3.63) is 0 Å². The SMILES string of the molecule is CC(C)(C)O[C@H]1C[C@H](N2CCOC3(CCN(CC4CCN(C(C)(C)C)CC4)CC3)C2)C1. The minimum absolute atomic E-state index is 0.0158. The van der Waals surface area contributed by atoms with E-state index in [9.17, 15) is 0 Å². The fraction of sp³-hybridized carbons (Fsp3) is 1.00. The first kappa shape index (κ1) is 23.9. The van der Waals surface area contributed by atoms with Crippen LogP contribution in [0.2, 0.25) is 0 Å². The third-order valence-corrected chi connectivity index (χ3v) is 8.23. The monoisotopic (exact) mass is 435 g/mol. The van der Waals surface area contributed by atoms with Crippen LogP contribution in [0.5, 0.6) is 0 Å². The van der Waals surface area contributed by atoms with Crippen molar-refractivity contribution in [1.29, 1.82) is 0 Å². The molecule has 4 rings (SSSR count). The molecule has 1 aliphatic carbocycles. The Bertz CT molecular complexity index is 574. The molecule has 3 saturated heterocycles. The van der Waals surface area contributed by atoms with E-state index in [0.717, 1.165) is 25.6 Å². The molecule has 0 atom stereocenters. The summed E-state index contributed by atoms with van der Waals surface area (Å²) in [5, 5.41) is 0. The zero-order valence-electron chi connectivity index (χ0n) is 21.3. The molecule has 4 aliphatic rings. The highest BCUT2D eigenvalue weighted by Crippen LogP contribution is 2.37. The molecule has 5 nitrogen and oxygen atoms in total. The topological polar surface area (TPSA) is 28.2 Å². The first-order chi connectivity index (χ1) is 14.5. The van der Waals surface area contributed by atoms with E-state index in [1.54, 1.807) is 0 Å². The van der Waals surface area contributed by atoms with E-state index >= 15 is 0 Å². The van der Waals surface area contributed by atoms with Gasteiger partial charge in [0, 0.05) is 44.3 Å². The van der Waals surface area contributed by atoms with E-state index < -0.39 is 0 Å². The molecule has 180 valence electrons. The van der Waals surface area contributed by atoms with E-state index in [0.29, 0.717) is 17.7 Å². The number of hydrogen-bond acceptors (Lipinski definition) is 5. The Morgan fingerprint density at radius 1 is 0.903 bits per heavy atom. The van der Waals surface area contributed by atoms with E-state index in [4.69, 9.17) is 9.47 Å². The van der Waals surface area contributed by atoms with Gasteiger partial charge < -0.3 is 14.4 Å². The molecular formula is C26H49N3O2. The quantitative estimate of drug-likeness (QED) is 0.665. The second kappa shape index (κ2) is 9.21. The summed E-state index contributed by atoms with van der Waals surface area (Å²) in [5.74, 6) is 0.881. The molecule has 0 bridgehead atoms. The molecular weight excluding hydrogens is 386 g/mol. The van der Waals surface area contributed by atoms with Crippen molar-refractivity contribution in [3.8, 4) is 0 Å². The number of rotatable bonds is 4. The number of hydrogen-bond donors (Lipinski definition) is 0. The van der Waals surface area contributed by atoms with Gasteiger partial charge in [-0.25, -0.2) is 0 Å². The molecule has 0 radical (unpaired) electrons. The minimum atomic E-state index is -0.0158.